The van der Waals surface area contributed by atoms with Gasteiger partial charge in [0, 0.05) is 17.8 Å². The fraction of sp³-hybridized carbons (Fsp3) is 0.909. The fourth-order valence-electron chi connectivity index (χ4n) is 6.41. The first-order chi connectivity index (χ1) is 17.5. The van der Waals surface area contributed by atoms with Crippen LogP contribution < -0.4 is 0 Å². The largest absolute Gasteiger partial charge is 0.413 e. The van der Waals surface area contributed by atoms with Crippen LogP contribution in [-0.2, 0) is 13.6 Å². The van der Waals surface area contributed by atoms with Crippen molar-refractivity contribution in [2.24, 2.45) is 29.6 Å². The van der Waals surface area contributed by atoms with Crippen LogP contribution in [0.5, 0.6) is 0 Å². The minimum Gasteiger partial charge on any atom is -0.413 e. The lowest BCUT2D eigenvalue weighted by Gasteiger charge is -2.53. The summed E-state index contributed by atoms with van der Waals surface area (Å²) in [5.41, 5.74) is 0. The zero-order chi connectivity index (χ0) is 28.5. The van der Waals surface area contributed by atoms with E-state index in [4.69, 9.17) is 8.85 Å². The lowest BCUT2D eigenvalue weighted by molar-refractivity contribution is -0.153. The van der Waals surface area contributed by atoms with Gasteiger partial charge in [-0.3, -0.25) is 4.79 Å². The molecular formula is C33H60O3Si2. The Bertz CT molecular complexity index is 863. The van der Waals surface area contributed by atoms with Gasteiger partial charge in [-0.05, 0) is 80.2 Å². The highest BCUT2D eigenvalue weighted by Crippen LogP contribution is 2.53. The summed E-state index contributed by atoms with van der Waals surface area (Å²) in [5, 5.41) is 0.325. The van der Waals surface area contributed by atoms with Crippen LogP contribution in [0.2, 0.25) is 36.3 Å². The second-order valence-corrected chi connectivity index (χ2v) is 25.4. The van der Waals surface area contributed by atoms with Crippen molar-refractivity contribution in [2.75, 3.05) is 0 Å². The van der Waals surface area contributed by atoms with E-state index in [0.717, 1.165) is 32.1 Å². The molecule has 3 saturated carbocycles. The Morgan fingerprint density at radius 1 is 0.895 bits per heavy atom. The van der Waals surface area contributed by atoms with Crippen molar-refractivity contribution in [2.45, 2.75) is 161 Å². The summed E-state index contributed by atoms with van der Waals surface area (Å²) in [7, 11) is -3.91. The van der Waals surface area contributed by atoms with E-state index in [9.17, 15) is 4.79 Å². The highest BCUT2D eigenvalue weighted by molar-refractivity contribution is 6.74. The molecule has 5 heteroatoms. The van der Waals surface area contributed by atoms with Gasteiger partial charge in [0.2, 0.25) is 0 Å². The zero-order valence-electron chi connectivity index (χ0n) is 26.8. The Labute approximate surface area is 238 Å². The number of unbranched alkanes of at least 4 members (excludes halogenated alkanes) is 1. The lowest BCUT2D eigenvalue weighted by atomic mass is 9.52. The summed E-state index contributed by atoms with van der Waals surface area (Å²) in [6.45, 7) is 25.7. The predicted octanol–water partition coefficient (Wildman–Crippen LogP) is 9.38. The van der Waals surface area contributed by atoms with E-state index in [1.807, 2.05) is 0 Å². The summed E-state index contributed by atoms with van der Waals surface area (Å²) < 4.78 is 14.2. The van der Waals surface area contributed by atoms with E-state index >= 15 is 0 Å². The monoisotopic (exact) mass is 560 g/mol. The summed E-state index contributed by atoms with van der Waals surface area (Å²) in [5.74, 6) is 9.61. The van der Waals surface area contributed by atoms with Crippen molar-refractivity contribution in [3.63, 3.8) is 0 Å². The molecular weight excluding hydrogens is 501 g/mol. The Balaban J connectivity index is 1.97. The molecule has 6 atom stereocenters. The number of Topliss-reactive ketones (excluding diaryl/α,β-unsaturated/α-hetero) is 1. The van der Waals surface area contributed by atoms with Gasteiger partial charge in [-0.15, -0.1) is 0 Å². The van der Waals surface area contributed by atoms with Gasteiger partial charge in [0.05, 0.1) is 6.10 Å². The van der Waals surface area contributed by atoms with Gasteiger partial charge in [-0.1, -0.05) is 92.4 Å². The topological polar surface area (TPSA) is 35.5 Å². The molecule has 218 valence electrons. The minimum absolute atomic E-state index is 0.00922. The molecule has 3 rings (SSSR count). The number of rotatable bonds is 8. The maximum Gasteiger partial charge on any atom is 0.193 e. The van der Waals surface area contributed by atoms with Crippen LogP contribution in [0.15, 0.2) is 0 Å². The Morgan fingerprint density at radius 2 is 1.50 bits per heavy atom. The zero-order valence-corrected chi connectivity index (χ0v) is 28.8. The van der Waals surface area contributed by atoms with Gasteiger partial charge in [-0.2, -0.15) is 0 Å². The van der Waals surface area contributed by atoms with E-state index in [-0.39, 0.29) is 40.0 Å². The van der Waals surface area contributed by atoms with Crippen molar-refractivity contribution in [3.05, 3.63) is 0 Å². The lowest BCUT2D eigenvalue weighted by Crippen LogP contribution is -2.58. The van der Waals surface area contributed by atoms with E-state index in [1.54, 1.807) is 0 Å². The molecule has 0 spiro atoms. The standard InChI is InChI=1S/C33H60O3Si2/c1-12-13-19-26-30-25(29(23-21-27(30)31(26)34)36-38(10,11)33(5,6)7)20-22-28(24-17-15-14-16-18-24)35-37(8,9)32(2,3)4/h24-30H,12-19,21,23H2,1-11H3/t25-,26?,27-,28-,29+,30-/m1/s1. The van der Waals surface area contributed by atoms with E-state index in [0.29, 0.717) is 17.6 Å². The third kappa shape index (κ3) is 7.07. The third-order valence-corrected chi connectivity index (χ3v) is 20.0. The molecule has 0 heterocycles. The van der Waals surface area contributed by atoms with Crippen molar-refractivity contribution >= 4 is 22.4 Å². The van der Waals surface area contributed by atoms with Gasteiger partial charge in [0.15, 0.2) is 16.6 Å². The first-order valence-electron chi connectivity index (χ1n) is 15.9. The maximum atomic E-state index is 13.2. The third-order valence-electron chi connectivity index (χ3n) is 11.1. The predicted molar refractivity (Wildman–Crippen MR) is 166 cm³/mol. The Morgan fingerprint density at radius 3 is 2.05 bits per heavy atom. The van der Waals surface area contributed by atoms with Crippen LogP contribution in [0.4, 0.5) is 0 Å². The van der Waals surface area contributed by atoms with Gasteiger partial charge >= 0.3 is 0 Å². The molecule has 0 radical (unpaired) electrons. The van der Waals surface area contributed by atoms with E-state index in [2.05, 4.69) is 86.5 Å². The molecule has 3 fully saturated rings. The molecule has 0 aliphatic heterocycles. The van der Waals surface area contributed by atoms with Gasteiger partial charge < -0.3 is 8.85 Å². The van der Waals surface area contributed by atoms with Gasteiger partial charge in [-0.25, -0.2) is 0 Å². The van der Waals surface area contributed by atoms with Crippen molar-refractivity contribution in [1.82, 2.24) is 0 Å². The summed E-state index contributed by atoms with van der Waals surface area (Å²) in [6.07, 6.45) is 11.8. The van der Waals surface area contributed by atoms with Crippen LogP contribution >= 0.6 is 0 Å². The van der Waals surface area contributed by atoms with Crippen LogP contribution in [0.3, 0.4) is 0 Å². The number of fused-ring (bicyclic) bond motifs is 1. The van der Waals surface area contributed by atoms with E-state index < -0.39 is 16.6 Å². The van der Waals surface area contributed by atoms with Crippen molar-refractivity contribution < 1.29 is 13.6 Å². The molecule has 0 bridgehead atoms. The molecule has 0 amide bonds. The number of carbonyl (C=O) groups is 1. The number of carbonyl (C=O) groups excluding carboxylic acids is 1. The summed E-state index contributed by atoms with van der Waals surface area (Å²) in [4.78, 5) is 13.2. The number of hydrogen-bond donors (Lipinski definition) is 0. The first kappa shape index (κ1) is 32.1. The number of ketones is 1. The molecule has 0 aromatic heterocycles. The van der Waals surface area contributed by atoms with Crippen LogP contribution in [0.1, 0.15) is 113 Å². The first-order valence-corrected chi connectivity index (χ1v) is 21.7. The summed E-state index contributed by atoms with van der Waals surface area (Å²) >= 11 is 0. The second-order valence-electron chi connectivity index (χ2n) is 15.8. The Kier molecular flexibility index (Phi) is 10.3. The average molecular weight is 561 g/mol. The smallest absolute Gasteiger partial charge is 0.193 e. The normalized spacial score (nSPS) is 30.2. The van der Waals surface area contributed by atoms with Crippen molar-refractivity contribution in [1.29, 1.82) is 0 Å². The molecule has 0 saturated heterocycles. The van der Waals surface area contributed by atoms with Crippen LogP contribution in [0, 0.1) is 41.4 Å². The molecule has 38 heavy (non-hydrogen) atoms. The van der Waals surface area contributed by atoms with E-state index in [1.165, 1.54) is 32.1 Å². The maximum absolute atomic E-state index is 13.2. The molecule has 0 N–H and O–H groups in total. The van der Waals surface area contributed by atoms with Gasteiger partial charge in [0.1, 0.15) is 11.9 Å². The molecule has 3 aliphatic rings. The highest BCUT2D eigenvalue weighted by atomic mass is 28.4. The molecule has 3 aliphatic carbocycles. The second kappa shape index (κ2) is 12.2. The SMILES string of the molecule is CCCCC1C(=O)[C@@H]2CC[C@H](O[Si](C)(C)C(C)(C)C)[C@@H](C#C[C@@H](O[Si](C)(C)C(C)(C)C)C3CCCCC3)[C@H]12. The molecule has 0 aromatic carbocycles. The average Bonchev–Trinajstić information content (AvgIpc) is 2.81. The van der Waals surface area contributed by atoms with Crippen LogP contribution in [0.25, 0.3) is 0 Å². The quantitative estimate of drug-likeness (QED) is 0.219. The van der Waals surface area contributed by atoms with Gasteiger partial charge in [0.25, 0.3) is 0 Å². The number of hydrogen-bond acceptors (Lipinski definition) is 3. The molecule has 0 aromatic rings. The molecule has 1 unspecified atom stereocenters. The molecule has 3 nitrogen and oxygen atoms in total. The highest BCUT2D eigenvalue weighted by Gasteiger charge is 2.57. The van der Waals surface area contributed by atoms with Crippen LogP contribution in [-0.4, -0.2) is 34.6 Å². The Hall–Kier alpha value is -0.416. The summed E-state index contributed by atoms with van der Waals surface area (Å²) in [6, 6.07) is 0. The fourth-order valence-corrected chi connectivity index (χ4v) is 9.03. The minimum atomic E-state index is -1.96. The van der Waals surface area contributed by atoms with Crippen molar-refractivity contribution in [3.8, 4) is 11.8 Å².